The molecule has 0 aliphatic heterocycles. The van der Waals surface area contributed by atoms with Gasteiger partial charge in [0.15, 0.2) is 10.8 Å². The van der Waals surface area contributed by atoms with Crippen molar-refractivity contribution in [3.05, 3.63) is 16.8 Å². The third kappa shape index (κ3) is 3.28. The Bertz CT molecular complexity index is 486. The number of rotatable bonds is 3. The monoisotopic (exact) mass is 276 g/mol. The van der Waals surface area contributed by atoms with Crippen molar-refractivity contribution < 1.29 is 4.74 Å². The number of fused-ring (bicyclic) bond motifs is 1. The standard InChI is InChI=1S/C8H8Cl2N4O.C2H6/c1-15-3-2-14-4-11-5-6(9)12-8(10)13-7(5)14;1-2/h4H,2-3H2,1H3;1-2H3. The third-order valence-corrected chi connectivity index (χ3v) is 2.36. The Hall–Kier alpha value is -0.910. The molecule has 2 rings (SSSR count). The molecule has 2 aromatic heterocycles. The Balaban J connectivity index is 0.000000686. The summed E-state index contributed by atoms with van der Waals surface area (Å²) >= 11 is 11.6. The van der Waals surface area contributed by atoms with Crippen LogP contribution in [0.5, 0.6) is 0 Å². The first-order valence-corrected chi connectivity index (χ1v) is 6.01. The maximum absolute atomic E-state index is 5.87. The van der Waals surface area contributed by atoms with E-state index < -0.39 is 0 Å². The van der Waals surface area contributed by atoms with E-state index in [-0.39, 0.29) is 10.4 Å². The van der Waals surface area contributed by atoms with E-state index in [1.54, 1.807) is 13.4 Å². The van der Waals surface area contributed by atoms with Gasteiger partial charge in [-0.15, -0.1) is 0 Å². The smallest absolute Gasteiger partial charge is 0.225 e. The van der Waals surface area contributed by atoms with E-state index >= 15 is 0 Å². The normalized spacial score (nSPS) is 10.2. The van der Waals surface area contributed by atoms with Crippen molar-refractivity contribution >= 4 is 34.4 Å². The number of ether oxygens (including phenoxy) is 1. The van der Waals surface area contributed by atoms with Gasteiger partial charge in [0.1, 0.15) is 5.52 Å². The quantitative estimate of drug-likeness (QED) is 0.639. The van der Waals surface area contributed by atoms with Gasteiger partial charge in [-0.25, -0.2) is 9.97 Å². The molecule has 2 aromatic rings. The van der Waals surface area contributed by atoms with E-state index in [9.17, 15) is 0 Å². The lowest BCUT2D eigenvalue weighted by atomic mass is 10.5. The summed E-state index contributed by atoms with van der Waals surface area (Å²) in [5.74, 6) is 0. The van der Waals surface area contributed by atoms with E-state index in [2.05, 4.69) is 15.0 Å². The molecule has 17 heavy (non-hydrogen) atoms. The Kier molecular flexibility index (Phi) is 5.61. The van der Waals surface area contributed by atoms with Crippen LogP contribution in [0.3, 0.4) is 0 Å². The van der Waals surface area contributed by atoms with E-state index in [1.807, 2.05) is 18.4 Å². The van der Waals surface area contributed by atoms with Gasteiger partial charge < -0.3 is 9.30 Å². The van der Waals surface area contributed by atoms with E-state index in [0.29, 0.717) is 24.3 Å². The van der Waals surface area contributed by atoms with Gasteiger partial charge in [0.25, 0.3) is 0 Å². The van der Waals surface area contributed by atoms with Crippen LogP contribution >= 0.6 is 23.2 Å². The summed E-state index contributed by atoms with van der Waals surface area (Å²) in [5, 5.41) is 0.382. The number of imidazole rings is 1. The zero-order valence-corrected chi connectivity index (χ0v) is 11.5. The second-order valence-electron chi connectivity index (χ2n) is 2.89. The van der Waals surface area contributed by atoms with E-state index in [1.165, 1.54) is 0 Å². The average Bonchev–Trinajstić information content (AvgIpc) is 2.72. The third-order valence-electron chi connectivity index (χ3n) is 1.93. The fourth-order valence-electron chi connectivity index (χ4n) is 1.24. The predicted octanol–water partition coefficient (Wildman–Crippen LogP) is 2.81. The molecular formula is C10H14Cl2N4O. The highest BCUT2D eigenvalue weighted by atomic mass is 35.5. The minimum Gasteiger partial charge on any atom is -0.383 e. The zero-order chi connectivity index (χ0) is 12.8. The maximum Gasteiger partial charge on any atom is 0.225 e. The van der Waals surface area contributed by atoms with Crippen molar-refractivity contribution in [2.45, 2.75) is 20.4 Å². The molecule has 0 aromatic carbocycles. The highest BCUT2D eigenvalue weighted by molar-refractivity contribution is 6.35. The summed E-state index contributed by atoms with van der Waals surface area (Å²) in [7, 11) is 1.63. The highest BCUT2D eigenvalue weighted by Gasteiger charge is 2.10. The molecule has 0 aliphatic carbocycles. The van der Waals surface area contributed by atoms with E-state index in [0.717, 1.165) is 0 Å². The minimum atomic E-state index is 0.117. The summed E-state index contributed by atoms with van der Waals surface area (Å²) in [5.41, 5.74) is 1.18. The molecular weight excluding hydrogens is 263 g/mol. The zero-order valence-electron chi connectivity index (χ0n) is 9.94. The van der Waals surface area contributed by atoms with Gasteiger partial charge in [0, 0.05) is 13.7 Å². The van der Waals surface area contributed by atoms with Crippen molar-refractivity contribution in [2.24, 2.45) is 0 Å². The van der Waals surface area contributed by atoms with Crippen molar-refractivity contribution in [1.82, 2.24) is 19.5 Å². The van der Waals surface area contributed by atoms with Crippen LogP contribution < -0.4 is 0 Å². The first kappa shape index (κ1) is 14.2. The molecule has 0 saturated carbocycles. The fourth-order valence-corrected chi connectivity index (χ4v) is 1.66. The molecule has 0 bridgehead atoms. The number of hydrogen-bond acceptors (Lipinski definition) is 4. The molecule has 0 atom stereocenters. The fraction of sp³-hybridized carbons (Fsp3) is 0.500. The van der Waals surface area contributed by atoms with Gasteiger partial charge in [-0.3, -0.25) is 0 Å². The van der Waals surface area contributed by atoms with Crippen LogP contribution in [-0.4, -0.2) is 33.2 Å². The topological polar surface area (TPSA) is 52.8 Å². The largest absolute Gasteiger partial charge is 0.383 e. The summed E-state index contributed by atoms with van der Waals surface area (Å²) < 4.78 is 6.78. The molecule has 2 heterocycles. The summed E-state index contributed by atoms with van der Waals surface area (Å²) in [6, 6.07) is 0. The van der Waals surface area contributed by atoms with Crippen molar-refractivity contribution in [1.29, 1.82) is 0 Å². The molecule has 0 amide bonds. The second-order valence-corrected chi connectivity index (χ2v) is 3.58. The molecule has 7 heteroatoms. The lowest BCUT2D eigenvalue weighted by Gasteiger charge is -2.02. The number of halogens is 2. The van der Waals surface area contributed by atoms with Gasteiger partial charge in [-0.1, -0.05) is 25.4 Å². The van der Waals surface area contributed by atoms with Crippen LogP contribution in [0.2, 0.25) is 10.4 Å². The molecule has 0 fully saturated rings. The average molecular weight is 277 g/mol. The second kappa shape index (κ2) is 6.74. The number of aromatic nitrogens is 4. The van der Waals surface area contributed by atoms with Crippen molar-refractivity contribution in [3.63, 3.8) is 0 Å². The Labute approximate surface area is 110 Å². The summed E-state index contributed by atoms with van der Waals surface area (Å²) in [6.07, 6.45) is 1.64. The summed E-state index contributed by atoms with van der Waals surface area (Å²) in [4.78, 5) is 12.0. The molecule has 0 radical (unpaired) electrons. The lowest BCUT2D eigenvalue weighted by molar-refractivity contribution is 0.188. The lowest BCUT2D eigenvalue weighted by Crippen LogP contribution is -2.03. The first-order valence-electron chi connectivity index (χ1n) is 5.25. The summed E-state index contributed by atoms with van der Waals surface area (Å²) in [6.45, 7) is 5.22. The SMILES string of the molecule is CC.COCCn1cnc2c(Cl)nc(Cl)nc21. The number of methoxy groups -OCH3 is 1. The van der Waals surface area contributed by atoms with Crippen LogP contribution in [-0.2, 0) is 11.3 Å². The van der Waals surface area contributed by atoms with Crippen molar-refractivity contribution in [2.75, 3.05) is 13.7 Å². The van der Waals surface area contributed by atoms with Gasteiger partial charge in [-0.05, 0) is 11.6 Å². The molecule has 0 spiro atoms. The van der Waals surface area contributed by atoms with Crippen LogP contribution in [0.4, 0.5) is 0 Å². The predicted molar refractivity (Wildman–Crippen MR) is 68.6 cm³/mol. The minimum absolute atomic E-state index is 0.117. The molecule has 94 valence electrons. The van der Waals surface area contributed by atoms with Crippen LogP contribution in [0, 0.1) is 0 Å². The molecule has 0 N–H and O–H groups in total. The number of hydrogen-bond donors (Lipinski definition) is 0. The van der Waals surface area contributed by atoms with Crippen LogP contribution in [0.25, 0.3) is 11.2 Å². The van der Waals surface area contributed by atoms with Crippen LogP contribution in [0.15, 0.2) is 6.33 Å². The molecule has 0 aliphatic rings. The van der Waals surface area contributed by atoms with E-state index in [4.69, 9.17) is 27.9 Å². The van der Waals surface area contributed by atoms with Gasteiger partial charge in [0.2, 0.25) is 5.28 Å². The molecule has 0 unspecified atom stereocenters. The van der Waals surface area contributed by atoms with Crippen molar-refractivity contribution in [3.8, 4) is 0 Å². The van der Waals surface area contributed by atoms with Gasteiger partial charge >= 0.3 is 0 Å². The van der Waals surface area contributed by atoms with Crippen LogP contribution in [0.1, 0.15) is 13.8 Å². The maximum atomic E-state index is 5.87. The number of nitrogens with zero attached hydrogens (tertiary/aromatic N) is 4. The molecule has 0 saturated heterocycles. The highest BCUT2D eigenvalue weighted by Crippen LogP contribution is 2.20. The first-order chi connectivity index (χ1) is 8.22. The van der Waals surface area contributed by atoms with Gasteiger partial charge in [-0.2, -0.15) is 4.98 Å². The molecule has 5 nitrogen and oxygen atoms in total. The Morgan fingerprint density at radius 3 is 2.65 bits per heavy atom. The Morgan fingerprint density at radius 1 is 1.29 bits per heavy atom. The Morgan fingerprint density at radius 2 is 2.00 bits per heavy atom. The van der Waals surface area contributed by atoms with Gasteiger partial charge in [0.05, 0.1) is 12.9 Å².